The van der Waals surface area contributed by atoms with Gasteiger partial charge in [-0.2, -0.15) is 0 Å². The second-order valence-corrected chi connectivity index (χ2v) is 6.08. The molecule has 3 aromatic rings. The van der Waals surface area contributed by atoms with E-state index < -0.39 is 0 Å². The lowest BCUT2D eigenvalue weighted by atomic mass is 10.0. The van der Waals surface area contributed by atoms with Gasteiger partial charge in [0.2, 0.25) is 5.91 Å². The minimum absolute atomic E-state index is 0.0516. The average Bonchev–Trinajstić information content (AvgIpc) is 2.80. The highest BCUT2D eigenvalue weighted by Crippen LogP contribution is 2.33. The summed E-state index contributed by atoms with van der Waals surface area (Å²) in [4.78, 5) is 11.3. The first-order valence-electron chi connectivity index (χ1n) is 8.00. The minimum atomic E-state index is -0.0516. The van der Waals surface area contributed by atoms with E-state index in [2.05, 4.69) is 53.7 Å². The molecule has 0 saturated carbocycles. The molecule has 0 fully saturated rings. The molecule has 3 heteroatoms. The number of benzene rings is 2. The molecule has 1 heterocycles. The van der Waals surface area contributed by atoms with E-state index in [-0.39, 0.29) is 5.91 Å². The van der Waals surface area contributed by atoms with Crippen LogP contribution in [0.3, 0.4) is 0 Å². The smallest absolute Gasteiger partial charge is 0.221 e. The van der Waals surface area contributed by atoms with Crippen LogP contribution >= 0.6 is 0 Å². The van der Waals surface area contributed by atoms with Crippen molar-refractivity contribution in [1.29, 1.82) is 0 Å². The Balaban J connectivity index is 2.32. The maximum Gasteiger partial charge on any atom is 0.221 e. The maximum absolute atomic E-state index is 11.3. The summed E-state index contributed by atoms with van der Waals surface area (Å²) in [6.07, 6.45) is 1.08. The molecule has 0 aliphatic heterocycles. The number of carbonyl (C=O) groups excluding carboxylic acids is 1. The first-order chi connectivity index (χ1) is 11.0. The van der Waals surface area contributed by atoms with E-state index in [0.29, 0.717) is 0 Å². The van der Waals surface area contributed by atoms with E-state index >= 15 is 0 Å². The molecule has 0 spiro atoms. The highest BCUT2D eigenvalue weighted by molar-refractivity contribution is 6.10. The van der Waals surface area contributed by atoms with Crippen molar-refractivity contribution in [2.45, 2.75) is 33.7 Å². The molecule has 118 valence electrons. The van der Waals surface area contributed by atoms with Crippen molar-refractivity contribution in [3.8, 4) is 0 Å². The number of hydrogen-bond donors (Lipinski definition) is 1. The van der Waals surface area contributed by atoms with Gasteiger partial charge in [0.25, 0.3) is 0 Å². The van der Waals surface area contributed by atoms with E-state index in [9.17, 15) is 4.79 Å². The Bertz CT molecular complexity index is 918. The van der Waals surface area contributed by atoms with Gasteiger partial charge in [-0.25, -0.2) is 0 Å². The Morgan fingerprint density at radius 2 is 1.74 bits per heavy atom. The summed E-state index contributed by atoms with van der Waals surface area (Å²) in [6, 6.07) is 12.6. The van der Waals surface area contributed by atoms with Crippen molar-refractivity contribution < 1.29 is 4.79 Å². The molecule has 0 aliphatic carbocycles. The Morgan fingerprint density at radius 3 is 2.35 bits per heavy atom. The fourth-order valence-corrected chi connectivity index (χ4v) is 3.12. The van der Waals surface area contributed by atoms with Crippen molar-refractivity contribution >= 4 is 39.0 Å². The molecular formula is C20H22N2O. The van der Waals surface area contributed by atoms with Crippen LogP contribution in [0.15, 0.2) is 43.0 Å². The van der Waals surface area contributed by atoms with Crippen LogP contribution in [0.1, 0.15) is 32.8 Å². The van der Waals surface area contributed by atoms with E-state index in [1.54, 1.807) is 0 Å². The van der Waals surface area contributed by atoms with Crippen molar-refractivity contribution in [2.75, 3.05) is 5.32 Å². The maximum atomic E-state index is 11.3. The predicted molar refractivity (Wildman–Crippen MR) is 98.7 cm³/mol. The third-order valence-electron chi connectivity index (χ3n) is 4.13. The minimum Gasteiger partial charge on any atom is -0.340 e. The number of amides is 1. The summed E-state index contributed by atoms with van der Waals surface area (Å²) in [5.41, 5.74) is 5.47. The summed E-state index contributed by atoms with van der Waals surface area (Å²) in [5.74, 6) is -0.0516. The first-order valence-corrected chi connectivity index (χ1v) is 8.00. The molecule has 23 heavy (non-hydrogen) atoms. The van der Waals surface area contributed by atoms with Crippen LogP contribution in [0, 0.1) is 0 Å². The molecule has 0 atom stereocenters. The Morgan fingerprint density at radius 1 is 1.09 bits per heavy atom. The molecule has 3 rings (SSSR count). The van der Waals surface area contributed by atoms with Gasteiger partial charge in [-0.3, -0.25) is 4.79 Å². The molecule has 0 aliphatic rings. The van der Waals surface area contributed by atoms with Crippen LogP contribution in [0.2, 0.25) is 0 Å². The van der Waals surface area contributed by atoms with Gasteiger partial charge >= 0.3 is 0 Å². The Kier molecular flexibility index (Phi) is 3.95. The highest BCUT2D eigenvalue weighted by Gasteiger charge is 2.12. The molecular weight excluding hydrogens is 284 g/mol. The van der Waals surface area contributed by atoms with Crippen molar-refractivity contribution in [2.24, 2.45) is 0 Å². The number of fused-ring (bicyclic) bond motifs is 3. The second kappa shape index (κ2) is 5.92. The number of aryl methyl sites for hydroxylation is 1. The fourth-order valence-electron chi connectivity index (χ4n) is 3.12. The largest absolute Gasteiger partial charge is 0.340 e. The van der Waals surface area contributed by atoms with E-state index in [1.165, 1.54) is 28.7 Å². The topological polar surface area (TPSA) is 34.0 Å². The molecule has 1 N–H and O–H groups in total. The molecule has 0 radical (unpaired) electrons. The number of aromatic nitrogens is 1. The third-order valence-corrected chi connectivity index (χ3v) is 4.13. The van der Waals surface area contributed by atoms with Gasteiger partial charge in [-0.1, -0.05) is 25.1 Å². The van der Waals surface area contributed by atoms with E-state index in [4.69, 9.17) is 0 Å². The van der Waals surface area contributed by atoms with Crippen LogP contribution in [0.4, 0.5) is 5.69 Å². The SMILES string of the molecule is C=C(C)c1ccc2c(c1)c1cc(NC(C)=O)ccc1n2CCC. The van der Waals surface area contributed by atoms with Crippen LogP contribution in [0.25, 0.3) is 27.4 Å². The lowest BCUT2D eigenvalue weighted by molar-refractivity contribution is -0.114. The lowest BCUT2D eigenvalue weighted by Crippen LogP contribution is -2.05. The quantitative estimate of drug-likeness (QED) is 0.706. The number of rotatable bonds is 4. The summed E-state index contributed by atoms with van der Waals surface area (Å²) >= 11 is 0. The zero-order chi connectivity index (χ0) is 16.6. The van der Waals surface area contributed by atoms with Gasteiger partial charge in [0, 0.05) is 41.0 Å². The molecule has 1 amide bonds. The summed E-state index contributed by atoms with van der Waals surface area (Å²) in [7, 11) is 0. The molecule has 0 bridgehead atoms. The molecule has 0 unspecified atom stereocenters. The zero-order valence-corrected chi connectivity index (χ0v) is 13.9. The van der Waals surface area contributed by atoms with E-state index in [0.717, 1.165) is 29.8 Å². The van der Waals surface area contributed by atoms with Gasteiger partial charge in [-0.15, -0.1) is 0 Å². The average molecular weight is 306 g/mol. The molecule has 0 saturated heterocycles. The standard InChI is InChI=1S/C20H22N2O/c1-5-10-22-19-8-6-15(13(2)3)11-17(19)18-12-16(21-14(4)23)7-9-20(18)22/h6-9,11-12H,2,5,10H2,1,3-4H3,(H,21,23). The first kappa shape index (κ1) is 15.3. The summed E-state index contributed by atoms with van der Waals surface area (Å²) in [5, 5.41) is 5.25. The van der Waals surface area contributed by atoms with Crippen molar-refractivity contribution in [3.63, 3.8) is 0 Å². The van der Waals surface area contributed by atoms with Crippen LogP contribution in [0.5, 0.6) is 0 Å². The van der Waals surface area contributed by atoms with Crippen LogP contribution in [-0.2, 0) is 11.3 Å². The number of nitrogens with one attached hydrogen (secondary N) is 1. The van der Waals surface area contributed by atoms with E-state index in [1.807, 2.05) is 13.0 Å². The lowest BCUT2D eigenvalue weighted by Gasteiger charge is -2.06. The molecule has 2 aromatic carbocycles. The zero-order valence-electron chi connectivity index (χ0n) is 13.9. The van der Waals surface area contributed by atoms with Gasteiger partial charge in [0.05, 0.1) is 0 Å². The number of carbonyl (C=O) groups is 1. The van der Waals surface area contributed by atoms with Gasteiger partial charge in [0.1, 0.15) is 0 Å². The van der Waals surface area contributed by atoms with Crippen molar-refractivity contribution in [1.82, 2.24) is 4.57 Å². The van der Waals surface area contributed by atoms with Crippen LogP contribution in [-0.4, -0.2) is 10.5 Å². The number of hydrogen-bond acceptors (Lipinski definition) is 1. The van der Waals surface area contributed by atoms with Gasteiger partial charge in [0.15, 0.2) is 0 Å². The number of nitrogens with zero attached hydrogens (tertiary/aromatic N) is 1. The number of anilines is 1. The normalized spacial score (nSPS) is 11.1. The Hall–Kier alpha value is -2.55. The van der Waals surface area contributed by atoms with Crippen LogP contribution < -0.4 is 5.32 Å². The summed E-state index contributed by atoms with van der Waals surface area (Å²) < 4.78 is 2.35. The predicted octanol–water partition coefficient (Wildman–Crippen LogP) is 5.20. The monoisotopic (exact) mass is 306 g/mol. The van der Waals surface area contributed by atoms with Gasteiger partial charge in [-0.05, 0) is 49.2 Å². The fraction of sp³-hybridized carbons (Fsp3) is 0.250. The van der Waals surface area contributed by atoms with Gasteiger partial charge < -0.3 is 9.88 Å². The number of allylic oxidation sites excluding steroid dienone is 1. The highest BCUT2D eigenvalue weighted by atomic mass is 16.1. The second-order valence-electron chi connectivity index (χ2n) is 6.08. The summed E-state index contributed by atoms with van der Waals surface area (Å²) in [6.45, 7) is 10.8. The molecule has 3 nitrogen and oxygen atoms in total. The van der Waals surface area contributed by atoms with Crippen molar-refractivity contribution in [3.05, 3.63) is 48.5 Å². The molecule has 1 aromatic heterocycles. The third kappa shape index (κ3) is 2.74. The Labute approximate surface area is 136 Å².